The monoisotopic (exact) mass is 440 g/mol. The third-order valence-electron chi connectivity index (χ3n) is 4.31. The van der Waals surface area contributed by atoms with Gasteiger partial charge in [0.2, 0.25) is 0 Å². The zero-order valence-corrected chi connectivity index (χ0v) is 19.0. The van der Waals surface area contributed by atoms with Gasteiger partial charge in [-0.2, -0.15) is 8.42 Å². The van der Waals surface area contributed by atoms with Crippen LogP contribution in [0.4, 0.5) is 0 Å². The van der Waals surface area contributed by atoms with Crippen molar-refractivity contribution in [2.75, 3.05) is 19.8 Å². The second-order valence-electron chi connectivity index (χ2n) is 7.21. The summed E-state index contributed by atoms with van der Waals surface area (Å²) in [4.78, 5) is 0. The van der Waals surface area contributed by atoms with Crippen molar-refractivity contribution >= 4 is 10.4 Å². The van der Waals surface area contributed by atoms with Crippen LogP contribution in [0.2, 0.25) is 0 Å². The van der Waals surface area contributed by atoms with E-state index >= 15 is 0 Å². The molecule has 29 heavy (non-hydrogen) atoms. The first-order chi connectivity index (χ1) is 13.9. The Hall–Kier alpha value is -0.510. The van der Waals surface area contributed by atoms with Gasteiger partial charge in [-0.1, -0.05) is 76.9 Å². The maximum absolute atomic E-state index is 10.3. The van der Waals surface area contributed by atoms with E-state index in [2.05, 4.69) is 23.3 Å². The van der Waals surface area contributed by atoms with Crippen LogP contribution in [0.3, 0.4) is 0 Å². The van der Waals surface area contributed by atoms with Crippen LogP contribution in [-0.4, -0.2) is 54.2 Å². The van der Waals surface area contributed by atoms with E-state index in [0.29, 0.717) is 6.42 Å². The number of allylic oxidation sites excluding steroid dienone is 2. The molecule has 8 heteroatoms. The van der Waals surface area contributed by atoms with Gasteiger partial charge in [-0.15, -0.1) is 0 Å². The molecular formula is C21H44O7S. The van der Waals surface area contributed by atoms with Gasteiger partial charge in [0.25, 0.3) is 0 Å². The minimum atomic E-state index is -4.25. The molecule has 0 rings (SSSR count). The van der Waals surface area contributed by atoms with Crippen LogP contribution in [0.1, 0.15) is 96.8 Å². The van der Waals surface area contributed by atoms with Crippen LogP contribution in [0.25, 0.3) is 0 Å². The van der Waals surface area contributed by atoms with Crippen molar-refractivity contribution in [1.29, 1.82) is 0 Å². The largest absolute Gasteiger partial charge is 0.397 e. The molecule has 0 atom stereocenters. The first-order valence-electron chi connectivity index (χ1n) is 11.0. The van der Waals surface area contributed by atoms with Gasteiger partial charge in [0, 0.05) is 0 Å². The molecule has 0 aromatic heterocycles. The zero-order valence-electron chi connectivity index (χ0n) is 18.2. The highest BCUT2D eigenvalue weighted by Gasteiger charge is 2.02. The summed E-state index contributed by atoms with van der Waals surface area (Å²) in [7, 11) is -4.25. The second-order valence-corrected chi connectivity index (χ2v) is 8.30. The molecule has 0 spiro atoms. The maximum atomic E-state index is 10.3. The van der Waals surface area contributed by atoms with Crippen molar-refractivity contribution in [3.63, 3.8) is 0 Å². The number of hydrogen-bond donors (Lipinski definition) is 4. The van der Waals surface area contributed by atoms with E-state index in [1.54, 1.807) is 0 Å². The molecule has 0 heterocycles. The highest BCUT2D eigenvalue weighted by molar-refractivity contribution is 7.80. The average molecular weight is 441 g/mol. The van der Waals surface area contributed by atoms with Crippen LogP contribution in [-0.2, 0) is 14.6 Å². The standard InChI is InChI=1S/C18H36O4S.C3H8O3/c1-2-3-4-5-6-7-8-9-10-11-12-13-14-15-16-17-18-22-23(19,20)21;4-1-3(6)2-5/h9-10H,2-8,11-18H2,1H3,(H,19,20,21);3-6H,1-2H2/b10-9-;. The summed E-state index contributed by atoms with van der Waals surface area (Å²) >= 11 is 0. The van der Waals surface area contributed by atoms with E-state index in [9.17, 15) is 8.42 Å². The Morgan fingerprint density at radius 2 is 1.17 bits per heavy atom. The lowest BCUT2D eigenvalue weighted by Gasteiger charge is -2.01. The predicted octanol–water partition coefficient (Wildman–Crippen LogP) is 4.18. The van der Waals surface area contributed by atoms with E-state index in [1.165, 1.54) is 70.6 Å². The fourth-order valence-corrected chi connectivity index (χ4v) is 2.90. The van der Waals surface area contributed by atoms with Crippen LogP contribution in [0.5, 0.6) is 0 Å². The predicted molar refractivity (Wildman–Crippen MR) is 117 cm³/mol. The smallest absolute Gasteiger partial charge is 0.394 e. The van der Waals surface area contributed by atoms with Crippen LogP contribution >= 0.6 is 0 Å². The third-order valence-corrected chi connectivity index (χ3v) is 4.77. The molecule has 0 saturated heterocycles. The highest BCUT2D eigenvalue weighted by Crippen LogP contribution is 2.10. The normalized spacial score (nSPS) is 11.8. The Morgan fingerprint density at radius 1 is 0.759 bits per heavy atom. The van der Waals surface area contributed by atoms with E-state index < -0.39 is 16.5 Å². The summed E-state index contributed by atoms with van der Waals surface area (Å²) < 4.78 is 33.3. The lowest BCUT2D eigenvalue weighted by molar-refractivity contribution is 0.0450. The Kier molecular flexibility index (Phi) is 25.1. The Morgan fingerprint density at radius 3 is 1.55 bits per heavy atom. The van der Waals surface area contributed by atoms with Gasteiger partial charge in [0.1, 0.15) is 6.10 Å². The van der Waals surface area contributed by atoms with Gasteiger partial charge in [0.15, 0.2) is 0 Å². The van der Waals surface area contributed by atoms with Crippen LogP contribution in [0, 0.1) is 0 Å². The van der Waals surface area contributed by atoms with Gasteiger partial charge < -0.3 is 15.3 Å². The average Bonchev–Trinajstić information content (AvgIpc) is 2.69. The summed E-state index contributed by atoms with van der Waals surface area (Å²) in [6.07, 6.45) is 20.6. The first-order valence-corrected chi connectivity index (χ1v) is 12.4. The summed E-state index contributed by atoms with van der Waals surface area (Å²) in [6, 6.07) is 0. The topological polar surface area (TPSA) is 124 Å². The molecule has 0 saturated carbocycles. The number of hydrogen-bond acceptors (Lipinski definition) is 6. The van der Waals surface area contributed by atoms with Crippen molar-refractivity contribution in [2.24, 2.45) is 0 Å². The van der Waals surface area contributed by atoms with Crippen molar-refractivity contribution in [3.05, 3.63) is 12.2 Å². The van der Waals surface area contributed by atoms with E-state index in [0.717, 1.165) is 12.8 Å². The molecule has 0 aliphatic rings. The minimum Gasteiger partial charge on any atom is -0.394 e. The quantitative estimate of drug-likeness (QED) is 0.135. The fourth-order valence-electron chi connectivity index (χ4n) is 2.57. The Bertz CT molecular complexity index is 434. The molecule has 0 bridgehead atoms. The van der Waals surface area contributed by atoms with E-state index in [-0.39, 0.29) is 19.8 Å². The molecular weight excluding hydrogens is 396 g/mol. The van der Waals surface area contributed by atoms with Crippen molar-refractivity contribution < 1.29 is 32.5 Å². The van der Waals surface area contributed by atoms with Gasteiger partial charge in [-0.25, -0.2) is 4.18 Å². The van der Waals surface area contributed by atoms with Crippen molar-refractivity contribution in [3.8, 4) is 0 Å². The molecule has 0 amide bonds. The maximum Gasteiger partial charge on any atom is 0.397 e. The number of rotatable bonds is 19. The summed E-state index contributed by atoms with van der Waals surface area (Å²) in [5.74, 6) is 0. The van der Waals surface area contributed by atoms with Gasteiger partial charge in [-0.05, 0) is 32.1 Å². The lowest BCUT2D eigenvalue weighted by Crippen LogP contribution is -2.15. The van der Waals surface area contributed by atoms with E-state index in [4.69, 9.17) is 19.9 Å². The number of aliphatic hydroxyl groups excluding tert-OH is 3. The summed E-state index contributed by atoms with van der Waals surface area (Å²) in [6.45, 7) is 1.61. The number of aliphatic hydroxyl groups is 3. The number of unbranched alkanes of at least 4 members (excludes halogenated alkanes) is 12. The SMILES string of the molecule is CCCCCCCC/C=C\CCCCCCCCOS(=O)(=O)O.OCC(O)CO. The van der Waals surface area contributed by atoms with E-state index in [1.807, 2.05) is 0 Å². The molecule has 0 radical (unpaired) electrons. The first kappa shape index (κ1) is 30.7. The van der Waals surface area contributed by atoms with Crippen molar-refractivity contribution in [1.82, 2.24) is 0 Å². The minimum absolute atomic E-state index is 0.0833. The molecule has 0 aromatic rings. The fraction of sp³-hybridized carbons (Fsp3) is 0.905. The van der Waals surface area contributed by atoms with Crippen LogP contribution < -0.4 is 0 Å². The lowest BCUT2D eigenvalue weighted by atomic mass is 10.1. The third kappa shape index (κ3) is 32.4. The molecule has 0 aliphatic carbocycles. The molecule has 0 aromatic carbocycles. The van der Waals surface area contributed by atoms with Crippen LogP contribution in [0.15, 0.2) is 12.2 Å². The van der Waals surface area contributed by atoms with Gasteiger partial charge in [0.05, 0.1) is 19.8 Å². The molecule has 0 fully saturated rings. The Labute approximate surface area is 178 Å². The summed E-state index contributed by atoms with van der Waals surface area (Å²) in [5.41, 5.74) is 0. The molecule has 176 valence electrons. The van der Waals surface area contributed by atoms with Crippen molar-refractivity contribution in [2.45, 2.75) is 103 Å². The molecule has 4 N–H and O–H groups in total. The molecule has 0 aliphatic heterocycles. The second kappa shape index (κ2) is 23.8. The molecule has 7 nitrogen and oxygen atoms in total. The van der Waals surface area contributed by atoms with Gasteiger partial charge >= 0.3 is 10.4 Å². The molecule has 0 unspecified atom stereocenters. The van der Waals surface area contributed by atoms with Gasteiger partial charge in [-0.3, -0.25) is 4.55 Å². The Balaban J connectivity index is 0. The highest BCUT2D eigenvalue weighted by atomic mass is 32.3. The zero-order chi connectivity index (χ0) is 22.2. The summed E-state index contributed by atoms with van der Waals surface area (Å²) in [5, 5.41) is 24.0.